The second-order valence-corrected chi connectivity index (χ2v) is 4.48. The van der Waals surface area contributed by atoms with Crippen molar-refractivity contribution in [2.45, 2.75) is 32.7 Å². The highest BCUT2D eigenvalue weighted by Crippen LogP contribution is 2.23. The van der Waals surface area contributed by atoms with Crippen molar-refractivity contribution in [1.29, 1.82) is 0 Å². The van der Waals surface area contributed by atoms with Crippen LogP contribution >= 0.6 is 0 Å². The molecule has 0 fully saturated rings. The van der Waals surface area contributed by atoms with Crippen molar-refractivity contribution in [3.8, 4) is 0 Å². The molecule has 0 spiro atoms. The maximum atomic E-state index is 13.5. The van der Waals surface area contributed by atoms with E-state index in [1.165, 1.54) is 12.1 Å². The fraction of sp³-hybridized carbons (Fsp3) is 0.538. The number of hydrogen-bond acceptors (Lipinski definition) is 1. The third-order valence-corrected chi connectivity index (χ3v) is 2.71. The Labute approximate surface area is 95.9 Å². The fourth-order valence-corrected chi connectivity index (χ4v) is 1.74. The predicted octanol–water partition coefficient (Wildman–Crippen LogP) is 3.66. The van der Waals surface area contributed by atoms with Crippen LogP contribution in [0.5, 0.6) is 0 Å². The number of hydrogen-bond donors (Lipinski definition) is 1. The van der Waals surface area contributed by atoms with Crippen LogP contribution in [0.1, 0.15) is 38.3 Å². The van der Waals surface area contributed by atoms with E-state index in [1.807, 2.05) is 0 Å². The first-order valence-electron chi connectivity index (χ1n) is 5.66. The summed E-state index contributed by atoms with van der Waals surface area (Å²) in [6.07, 6.45) is 1.80. The van der Waals surface area contributed by atoms with Crippen LogP contribution in [0.4, 0.5) is 8.78 Å². The average Bonchev–Trinajstić information content (AvgIpc) is 2.23. The maximum Gasteiger partial charge on any atom is 0.128 e. The molecule has 0 aromatic heterocycles. The lowest BCUT2D eigenvalue weighted by atomic mass is 9.97. The Balaban J connectivity index is 2.81. The molecule has 1 aromatic carbocycles. The third kappa shape index (κ3) is 3.56. The molecule has 0 aliphatic rings. The Morgan fingerprint density at radius 3 is 2.44 bits per heavy atom. The Kier molecular flexibility index (Phi) is 4.87. The first-order chi connectivity index (χ1) is 7.54. The van der Waals surface area contributed by atoms with Gasteiger partial charge in [0, 0.05) is 11.6 Å². The molecule has 1 N–H and O–H groups in total. The minimum absolute atomic E-state index is 0.113. The summed E-state index contributed by atoms with van der Waals surface area (Å²) in [7, 11) is 1.77. The van der Waals surface area contributed by atoms with Crippen LogP contribution in [0, 0.1) is 17.6 Å². The van der Waals surface area contributed by atoms with Crippen LogP contribution in [-0.2, 0) is 0 Å². The van der Waals surface area contributed by atoms with Crippen LogP contribution in [0.15, 0.2) is 18.2 Å². The Morgan fingerprint density at radius 2 is 1.88 bits per heavy atom. The van der Waals surface area contributed by atoms with Crippen molar-refractivity contribution < 1.29 is 8.78 Å². The van der Waals surface area contributed by atoms with Crippen LogP contribution in [0.25, 0.3) is 0 Å². The van der Waals surface area contributed by atoms with Crippen molar-refractivity contribution in [2.75, 3.05) is 7.05 Å². The van der Waals surface area contributed by atoms with Gasteiger partial charge < -0.3 is 5.32 Å². The number of halogens is 2. The van der Waals surface area contributed by atoms with Gasteiger partial charge in [-0.05, 0) is 44.0 Å². The molecule has 3 heteroatoms. The normalized spacial score (nSPS) is 13.1. The molecule has 1 aromatic rings. The van der Waals surface area contributed by atoms with Gasteiger partial charge in [0.1, 0.15) is 11.6 Å². The van der Waals surface area contributed by atoms with Crippen LogP contribution in [-0.4, -0.2) is 7.05 Å². The van der Waals surface area contributed by atoms with E-state index in [9.17, 15) is 8.78 Å². The molecule has 0 heterocycles. The molecular formula is C13H19F2N. The Morgan fingerprint density at radius 1 is 1.19 bits per heavy atom. The van der Waals surface area contributed by atoms with Crippen LogP contribution in [0.3, 0.4) is 0 Å². The highest BCUT2D eigenvalue weighted by atomic mass is 19.1. The topological polar surface area (TPSA) is 12.0 Å². The van der Waals surface area contributed by atoms with E-state index in [-0.39, 0.29) is 17.7 Å². The van der Waals surface area contributed by atoms with E-state index >= 15 is 0 Å². The monoisotopic (exact) mass is 227 g/mol. The van der Waals surface area contributed by atoms with Gasteiger partial charge in [0.05, 0.1) is 0 Å². The largest absolute Gasteiger partial charge is 0.313 e. The summed E-state index contributed by atoms with van der Waals surface area (Å²) in [5.74, 6) is -0.168. The van der Waals surface area contributed by atoms with E-state index in [2.05, 4.69) is 19.2 Å². The van der Waals surface area contributed by atoms with Gasteiger partial charge in [-0.2, -0.15) is 0 Å². The van der Waals surface area contributed by atoms with Crippen molar-refractivity contribution in [3.05, 3.63) is 35.4 Å². The van der Waals surface area contributed by atoms with Crippen molar-refractivity contribution >= 4 is 0 Å². The molecule has 1 atom stereocenters. The van der Waals surface area contributed by atoms with Gasteiger partial charge in [0.2, 0.25) is 0 Å². The molecular weight excluding hydrogens is 208 g/mol. The summed E-state index contributed by atoms with van der Waals surface area (Å²) in [6.45, 7) is 4.24. The molecule has 0 aliphatic heterocycles. The van der Waals surface area contributed by atoms with E-state index in [1.54, 1.807) is 7.05 Å². The van der Waals surface area contributed by atoms with Gasteiger partial charge in [-0.25, -0.2) is 8.78 Å². The minimum Gasteiger partial charge on any atom is -0.313 e. The van der Waals surface area contributed by atoms with E-state index in [0.717, 1.165) is 18.9 Å². The summed E-state index contributed by atoms with van der Waals surface area (Å²) in [5.41, 5.74) is 0.420. The highest BCUT2D eigenvalue weighted by Gasteiger charge is 2.15. The second-order valence-electron chi connectivity index (χ2n) is 4.48. The van der Waals surface area contributed by atoms with Gasteiger partial charge in [-0.3, -0.25) is 0 Å². The van der Waals surface area contributed by atoms with Gasteiger partial charge in [-0.1, -0.05) is 13.8 Å². The molecule has 0 aliphatic carbocycles. The lowest BCUT2D eigenvalue weighted by Crippen LogP contribution is -2.18. The molecule has 0 saturated heterocycles. The zero-order valence-electron chi connectivity index (χ0n) is 10.1. The second kappa shape index (κ2) is 5.94. The first kappa shape index (κ1) is 13.1. The summed E-state index contributed by atoms with van der Waals surface area (Å²) in [5, 5.41) is 3.04. The Hall–Kier alpha value is -0.960. The fourth-order valence-electron chi connectivity index (χ4n) is 1.74. The molecule has 0 bridgehead atoms. The lowest BCUT2D eigenvalue weighted by molar-refractivity contribution is 0.446. The van der Waals surface area contributed by atoms with Crippen molar-refractivity contribution in [3.63, 3.8) is 0 Å². The summed E-state index contributed by atoms with van der Waals surface area (Å²) in [4.78, 5) is 0. The summed E-state index contributed by atoms with van der Waals surface area (Å²) in [6, 6.07) is 3.49. The third-order valence-electron chi connectivity index (χ3n) is 2.71. The van der Waals surface area contributed by atoms with E-state index in [0.29, 0.717) is 11.5 Å². The van der Waals surface area contributed by atoms with E-state index in [4.69, 9.17) is 0 Å². The predicted molar refractivity (Wildman–Crippen MR) is 62.2 cm³/mol. The zero-order chi connectivity index (χ0) is 12.1. The minimum atomic E-state index is -0.388. The van der Waals surface area contributed by atoms with Crippen LogP contribution in [0.2, 0.25) is 0 Å². The smallest absolute Gasteiger partial charge is 0.128 e. The molecule has 90 valence electrons. The van der Waals surface area contributed by atoms with Gasteiger partial charge >= 0.3 is 0 Å². The molecule has 1 rings (SSSR count). The zero-order valence-corrected chi connectivity index (χ0v) is 10.1. The van der Waals surface area contributed by atoms with Gasteiger partial charge in [0.15, 0.2) is 0 Å². The van der Waals surface area contributed by atoms with E-state index < -0.39 is 0 Å². The maximum absolute atomic E-state index is 13.5. The standard InChI is InChI=1S/C13H19F2N/c1-9(2)4-7-13(16-3)11-8-10(14)5-6-12(11)15/h5-6,8-9,13,16H,4,7H2,1-3H3. The highest BCUT2D eigenvalue weighted by molar-refractivity contribution is 5.22. The summed E-state index contributed by atoms with van der Waals surface area (Å²) >= 11 is 0. The molecule has 0 saturated carbocycles. The SMILES string of the molecule is CNC(CCC(C)C)c1cc(F)ccc1F. The first-order valence-corrected chi connectivity index (χ1v) is 5.66. The Bertz CT molecular complexity index is 337. The van der Waals surface area contributed by atoms with Gasteiger partial charge in [0.25, 0.3) is 0 Å². The van der Waals surface area contributed by atoms with Crippen molar-refractivity contribution in [1.82, 2.24) is 5.32 Å². The molecule has 1 nitrogen and oxygen atoms in total. The van der Waals surface area contributed by atoms with Gasteiger partial charge in [-0.15, -0.1) is 0 Å². The van der Waals surface area contributed by atoms with Crippen molar-refractivity contribution in [2.24, 2.45) is 5.92 Å². The van der Waals surface area contributed by atoms with Crippen LogP contribution < -0.4 is 5.32 Å². The number of rotatable bonds is 5. The lowest BCUT2D eigenvalue weighted by Gasteiger charge is -2.18. The molecule has 0 amide bonds. The number of nitrogens with one attached hydrogen (secondary N) is 1. The number of benzene rings is 1. The molecule has 16 heavy (non-hydrogen) atoms. The molecule has 0 radical (unpaired) electrons. The molecule has 1 unspecified atom stereocenters. The summed E-state index contributed by atoms with van der Waals surface area (Å²) < 4.78 is 26.6. The average molecular weight is 227 g/mol. The quantitative estimate of drug-likeness (QED) is 0.809.